The Morgan fingerprint density at radius 1 is 1.15 bits per heavy atom. The molecule has 9 heteroatoms. The lowest BCUT2D eigenvalue weighted by Gasteiger charge is -2.21. The number of ether oxygens (including phenoxy) is 3. The van der Waals surface area contributed by atoms with Crippen molar-refractivity contribution >= 4 is 21.9 Å². The summed E-state index contributed by atoms with van der Waals surface area (Å²) in [7, 11) is 4.15. The summed E-state index contributed by atoms with van der Waals surface area (Å²) in [5.74, 6) is -0.944. The largest absolute Gasteiger partial charge is 0.506 e. The van der Waals surface area contributed by atoms with Crippen LogP contribution < -0.4 is 15.0 Å². The molecule has 0 radical (unpaired) electrons. The van der Waals surface area contributed by atoms with Gasteiger partial charge in [-0.25, -0.2) is 9.18 Å². The number of esters is 1. The van der Waals surface area contributed by atoms with E-state index in [-0.39, 0.29) is 17.8 Å². The number of aromatic nitrogens is 1. The number of carbonyl (C=O) groups excluding carboxylic acids is 1. The lowest BCUT2D eigenvalue weighted by Crippen LogP contribution is -2.30. The molecule has 0 atom stereocenters. The van der Waals surface area contributed by atoms with Crippen molar-refractivity contribution in [1.82, 2.24) is 4.57 Å². The summed E-state index contributed by atoms with van der Waals surface area (Å²) < 4.78 is 32.8. The highest BCUT2D eigenvalue weighted by Crippen LogP contribution is 2.40. The molecule has 1 aliphatic rings. The number of hydrogen-bond acceptors (Lipinski definition) is 6. The van der Waals surface area contributed by atoms with Crippen molar-refractivity contribution in [3.05, 3.63) is 73.2 Å². The van der Waals surface area contributed by atoms with Crippen molar-refractivity contribution < 1.29 is 28.5 Å². The van der Waals surface area contributed by atoms with Crippen LogP contribution in [0.5, 0.6) is 17.2 Å². The minimum absolute atomic E-state index is 0.0342. The standard InChI is InChI=1S/C25H23BrFNO6/c1-32-16-8-7-14(19(11-16)33-2)12-28-22-17(23(29)21(24(28)30)25(31)34-3)6-4-5-13-9-15(26)10-18(27)20(13)22/h7-11,29H,4-6,12H2,1-3H3. The van der Waals surface area contributed by atoms with Gasteiger partial charge in [-0.3, -0.25) is 4.79 Å². The average molecular weight is 532 g/mol. The first-order valence-electron chi connectivity index (χ1n) is 10.6. The molecule has 4 rings (SSSR count). The number of methoxy groups -OCH3 is 3. The van der Waals surface area contributed by atoms with Gasteiger partial charge in [-0.15, -0.1) is 0 Å². The fraction of sp³-hybridized carbons (Fsp3) is 0.280. The molecule has 178 valence electrons. The number of fused-ring (bicyclic) bond motifs is 3. The Balaban J connectivity index is 2.07. The molecule has 0 bridgehead atoms. The third-order valence-electron chi connectivity index (χ3n) is 6.00. The Labute approximate surface area is 203 Å². The molecule has 0 saturated carbocycles. The summed E-state index contributed by atoms with van der Waals surface area (Å²) in [6, 6.07) is 8.25. The average Bonchev–Trinajstić information content (AvgIpc) is 3.01. The minimum atomic E-state index is -0.957. The molecule has 0 amide bonds. The fourth-order valence-corrected chi connectivity index (χ4v) is 4.90. The van der Waals surface area contributed by atoms with Crippen LogP contribution in [0.3, 0.4) is 0 Å². The number of aromatic hydroxyl groups is 1. The summed E-state index contributed by atoms with van der Waals surface area (Å²) >= 11 is 3.33. The lowest BCUT2D eigenvalue weighted by molar-refractivity contribution is 0.0594. The van der Waals surface area contributed by atoms with Crippen LogP contribution in [0.25, 0.3) is 11.3 Å². The van der Waals surface area contributed by atoms with Gasteiger partial charge in [-0.2, -0.15) is 0 Å². The van der Waals surface area contributed by atoms with Crippen molar-refractivity contribution in [3.8, 4) is 28.5 Å². The van der Waals surface area contributed by atoms with Gasteiger partial charge in [0, 0.05) is 27.2 Å². The molecule has 1 N–H and O–H groups in total. The van der Waals surface area contributed by atoms with Crippen molar-refractivity contribution in [2.45, 2.75) is 25.8 Å². The second kappa shape index (κ2) is 9.50. The van der Waals surface area contributed by atoms with Crippen LogP contribution in [0.4, 0.5) is 4.39 Å². The quantitative estimate of drug-likeness (QED) is 0.489. The van der Waals surface area contributed by atoms with Crippen molar-refractivity contribution in [1.29, 1.82) is 0 Å². The SMILES string of the molecule is COC(=O)c1c(O)c2c(n(Cc3ccc(OC)cc3OC)c1=O)-c1c(F)cc(Br)cc1CCC2. The number of carbonyl (C=O) groups is 1. The Kier molecular flexibility index (Phi) is 6.65. The summed E-state index contributed by atoms with van der Waals surface area (Å²) in [4.78, 5) is 26.1. The number of benzene rings is 2. The first-order chi connectivity index (χ1) is 16.3. The molecule has 0 spiro atoms. The zero-order valence-corrected chi connectivity index (χ0v) is 20.5. The van der Waals surface area contributed by atoms with E-state index in [1.165, 1.54) is 24.9 Å². The van der Waals surface area contributed by atoms with Crippen LogP contribution >= 0.6 is 15.9 Å². The van der Waals surface area contributed by atoms with Crippen LogP contribution in [-0.4, -0.2) is 37.0 Å². The third-order valence-corrected chi connectivity index (χ3v) is 6.45. The molecule has 1 aromatic heterocycles. The van der Waals surface area contributed by atoms with Gasteiger partial charge in [0.05, 0.1) is 33.6 Å². The van der Waals surface area contributed by atoms with E-state index in [4.69, 9.17) is 14.2 Å². The summed E-state index contributed by atoms with van der Waals surface area (Å²) in [5.41, 5.74) is 0.846. The molecule has 0 saturated heterocycles. The molecule has 1 heterocycles. The van der Waals surface area contributed by atoms with E-state index in [2.05, 4.69) is 15.9 Å². The maximum Gasteiger partial charge on any atom is 0.347 e. The minimum Gasteiger partial charge on any atom is -0.506 e. The zero-order chi connectivity index (χ0) is 24.6. The van der Waals surface area contributed by atoms with E-state index >= 15 is 4.39 Å². The van der Waals surface area contributed by atoms with Crippen LogP contribution in [-0.2, 0) is 24.1 Å². The highest BCUT2D eigenvalue weighted by molar-refractivity contribution is 9.10. The fourth-order valence-electron chi connectivity index (χ4n) is 4.42. The molecule has 34 heavy (non-hydrogen) atoms. The number of rotatable bonds is 5. The van der Waals surface area contributed by atoms with Crippen LogP contribution in [0.1, 0.15) is 33.5 Å². The van der Waals surface area contributed by atoms with Crippen LogP contribution in [0.2, 0.25) is 0 Å². The van der Waals surface area contributed by atoms with Gasteiger partial charge >= 0.3 is 5.97 Å². The number of nitrogens with zero attached hydrogens (tertiary/aromatic N) is 1. The van der Waals surface area contributed by atoms with E-state index in [0.717, 1.165) is 7.11 Å². The Hall–Kier alpha value is -3.33. The van der Waals surface area contributed by atoms with E-state index in [1.807, 2.05) is 6.07 Å². The molecule has 1 aliphatic carbocycles. The van der Waals surface area contributed by atoms with Gasteiger partial charge in [0.25, 0.3) is 5.56 Å². The monoisotopic (exact) mass is 531 g/mol. The van der Waals surface area contributed by atoms with Crippen LogP contribution in [0, 0.1) is 5.82 Å². The van der Waals surface area contributed by atoms with Gasteiger partial charge in [0.1, 0.15) is 23.1 Å². The number of halogens is 2. The topological polar surface area (TPSA) is 87.0 Å². The highest BCUT2D eigenvalue weighted by Gasteiger charge is 2.31. The van der Waals surface area contributed by atoms with E-state index in [9.17, 15) is 14.7 Å². The lowest BCUT2D eigenvalue weighted by atomic mass is 9.97. The van der Waals surface area contributed by atoms with Gasteiger partial charge in [0.2, 0.25) is 0 Å². The Morgan fingerprint density at radius 2 is 1.91 bits per heavy atom. The van der Waals surface area contributed by atoms with Gasteiger partial charge in [-0.05, 0) is 49.1 Å². The van der Waals surface area contributed by atoms with E-state index < -0.39 is 28.7 Å². The molecule has 0 aliphatic heterocycles. The molecule has 2 aromatic carbocycles. The van der Waals surface area contributed by atoms with Crippen molar-refractivity contribution in [2.75, 3.05) is 21.3 Å². The summed E-state index contributed by atoms with van der Waals surface area (Å²) in [5, 5.41) is 11.0. The first-order valence-corrected chi connectivity index (χ1v) is 11.4. The molecule has 0 unspecified atom stereocenters. The second-order valence-electron chi connectivity index (χ2n) is 7.89. The van der Waals surface area contributed by atoms with Gasteiger partial charge < -0.3 is 23.9 Å². The molecular weight excluding hydrogens is 509 g/mol. The number of hydrogen-bond donors (Lipinski definition) is 1. The molecular formula is C25H23BrFNO6. The highest BCUT2D eigenvalue weighted by atomic mass is 79.9. The second-order valence-corrected chi connectivity index (χ2v) is 8.80. The van der Waals surface area contributed by atoms with Crippen LogP contribution in [0.15, 0.2) is 39.6 Å². The molecule has 7 nitrogen and oxygen atoms in total. The Bertz CT molecular complexity index is 1350. The molecule has 0 fully saturated rings. The predicted octanol–water partition coefficient (Wildman–Crippen LogP) is 4.46. The van der Waals surface area contributed by atoms with Gasteiger partial charge in [-0.1, -0.05) is 15.9 Å². The first kappa shape index (κ1) is 23.8. The summed E-state index contributed by atoms with van der Waals surface area (Å²) in [6.07, 6.45) is 1.47. The summed E-state index contributed by atoms with van der Waals surface area (Å²) in [6.45, 7) is -0.0342. The van der Waals surface area contributed by atoms with Crippen molar-refractivity contribution in [2.24, 2.45) is 0 Å². The van der Waals surface area contributed by atoms with Crippen molar-refractivity contribution in [3.63, 3.8) is 0 Å². The predicted molar refractivity (Wildman–Crippen MR) is 127 cm³/mol. The zero-order valence-electron chi connectivity index (χ0n) is 18.9. The van der Waals surface area contributed by atoms with E-state index in [1.54, 1.807) is 18.2 Å². The smallest absolute Gasteiger partial charge is 0.347 e. The normalized spacial score (nSPS) is 12.4. The molecule has 3 aromatic rings. The maximum atomic E-state index is 15.4. The third kappa shape index (κ3) is 4.04. The van der Waals surface area contributed by atoms with Gasteiger partial charge in [0.15, 0.2) is 5.56 Å². The maximum absolute atomic E-state index is 15.4. The van der Waals surface area contributed by atoms with E-state index in [0.29, 0.717) is 51.9 Å². The number of pyridine rings is 1. The number of aryl methyl sites for hydroxylation is 1. The Morgan fingerprint density at radius 3 is 2.59 bits per heavy atom.